The van der Waals surface area contributed by atoms with Crippen LogP contribution in [0.15, 0.2) is 35.6 Å². The number of ether oxygens (including phenoxy) is 1. The largest absolute Gasteiger partial charge is 0.491 e. The van der Waals surface area contributed by atoms with Gasteiger partial charge in [0.25, 0.3) is 0 Å². The fraction of sp³-hybridized carbons (Fsp3) is 0.462. The summed E-state index contributed by atoms with van der Waals surface area (Å²) >= 11 is 0. The molecule has 6 heteroatoms. The topological polar surface area (TPSA) is 33.1 Å². The van der Waals surface area contributed by atoms with Gasteiger partial charge in [0.2, 0.25) is 0 Å². The minimum absolute atomic E-state index is 0.0913. The van der Waals surface area contributed by atoms with E-state index < -0.39 is 24.5 Å². The van der Waals surface area contributed by atoms with E-state index in [9.17, 15) is 17.6 Å². The monoisotopic (exact) mass is 277 g/mol. The van der Waals surface area contributed by atoms with Crippen LogP contribution in [0.1, 0.15) is 13.3 Å². The third kappa shape index (κ3) is 5.28. The quantitative estimate of drug-likeness (QED) is 0.599. The summed E-state index contributed by atoms with van der Waals surface area (Å²) in [6.07, 6.45) is -0.104. The lowest BCUT2D eigenvalue weighted by molar-refractivity contribution is -0.0863. The third-order valence-corrected chi connectivity index (χ3v) is 2.53. The Morgan fingerprint density at radius 2 is 2.26 bits per heavy atom. The first-order valence-electron chi connectivity index (χ1n) is 5.77. The van der Waals surface area contributed by atoms with Crippen molar-refractivity contribution in [2.24, 2.45) is 5.92 Å². The molecule has 1 aliphatic carbocycles. The molecule has 0 radical (unpaired) electrons. The summed E-state index contributed by atoms with van der Waals surface area (Å²) < 4.78 is 55.2. The van der Waals surface area contributed by atoms with Crippen molar-refractivity contribution in [3.05, 3.63) is 35.6 Å². The Hall–Kier alpha value is -1.59. The van der Waals surface area contributed by atoms with Crippen molar-refractivity contribution in [2.45, 2.75) is 25.7 Å². The van der Waals surface area contributed by atoms with Gasteiger partial charge in [0.15, 0.2) is 6.17 Å². The van der Waals surface area contributed by atoms with Crippen LogP contribution in [-0.2, 0) is 4.74 Å². The van der Waals surface area contributed by atoms with Crippen LogP contribution in [0, 0.1) is 11.3 Å². The number of allylic oxidation sites excluding steroid dienone is 4. The Morgan fingerprint density at radius 3 is 2.74 bits per heavy atom. The predicted octanol–water partition coefficient (Wildman–Crippen LogP) is 3.96. The minimum atomic E-state index is -4.72. The molecule has 0 aromatic carbocycles. The highest BCUT2D eigenvalue weighted by Crippen LogP contribution is 2.25. The Morgan fingerprint density at radius 1 is 1.58 bits per heavy atom. The van der Waals surface area contributed by atoms with Crippen LogP contribution in [-0.4, -0.2) is 25.2 Å². The van der Waals surface area contributed by atoms with E-state index in [4.69, 9.17) is 10.1 Å². The van der Waals surface area contributed by atoms with Crippen molar-refractivity contribution in [3.63, 3.8) is 0 Å². The summed E-state index contributed by atoms with van der Waals surface area (Å²) in [5.74, 6) is 0.834. The molecule has 19 heavy (non-hydrogen) atoms. The maximum atomic E-state index is 13.3. The molecule has 2 unspecified atom stereocenters. The van der Waals surface area contributed by atoms with Crippen LogP contribution >= 0.6 is 0 Å². The maximum absolute atomic E-state index is 13.3. The lowest BCUT2D eigenvalue weighted by Crippen LogP contribution is -2.17. The van der Waals surface area contributed by atoms with Crippen molar-refractivity contribution in [2.75, 3.05) is 6.61 Å². The molecule has 2 nitrogen and oxygen atoms in total. The molecule has 0 amide bonds. The Labute approximate surface area is 109 Å². The molecular weight excluding hydrogens is 262 g/mol. The van der Waals surface area contributed by atoms with Gasteiger partial charge in [-0.3, -0.25) is 0 Å². The first-order valence-corrected chi connectivity index (χ1v) is 5.77. The fourth-order valence-electron chi connectivity index (χ4n) is 1.46. The van der Waals surface area contributed by atoms with Crippen molar-refractivity contribution >= 4 is 6.21 Å². The van der Waals surface area contributed by atoms with Crippen molar-refractivity contribution in [1.82, 2.24) is 0 Å². The second-order valence-electron chi connectivity index (χ2n) is 4.27. The first-order chi connectivity index (χ1) is 8.82. The normalized spacial score (nSPS) is 21.8. The van der Waals surface area contributed by atoms with Gasteiger partial charge in [0.05, 0.1) is 5.57 Å². The molecule has 0 bridgehead atoms. The molecule has 0 fully saturated rings. The summed E-state index contributed by atoms with van der Waals surface area (Å²) in [6.45, 7) is 1.50. The number of nitrogens with one attached hydrogen (secondary N) is 1. The van der Waals surface area contributed by atoms with Crippen molar-refractivity contribution < 1.29 is 22.3 Å². The molecule has 1 N–H and O–H groups in total. The summed E-state index contributed by atoms with van der Waals surface area (Å²) in [7, 11) is 0. The molecule has 0 heterocycles. The average Bonchev–Trinajstić information content (AvgIpc) is 2.34. The summed E-state index contributed by atoms with van der Waals surface area (Å²) in [5, 5.41) is 6.62. The van der Waals surface area contributed by atoms with E-state index in [-0.39, 0.29) is 6.21 Å². The molecule has 0 aromatic heterocycles. The Balaban J connectivity index is 2.52. The highest BCUT2D eigenvalue weighted by atomic mass is 19.4. The van der Waals surface area contributed by atoms with Crippen LogP contribution in [0.4, 0.5) is 17.6 Å². The number of rotatable bonds is 5. The zero-order chi connectivity index (χ0) is 14.5. The van der Waals surface area contributed by atoms with Crippen LogP contribution in [0.2, 0.25) is 0 Å². The molecule has 106 valence electrons. The zero-order valence-corrected chi connectivity index (χ0v) is 10.4. The molecule has 0 saturated carbocycles. The van der Waals surface area contributed by atoms with Gasteiger partial charge >= 0.3 is 6.18 Å². The van der Waals surface area contributed by atoms with Crippen LogP contribution < -0.4 is 0 Å². The van der Waals surface area contributed by atoms with Gasteiger partial charge in [-0.2, -0.15) is 13.2 Å². The number of halogens is 4. The zero-order valence-electron chi connectivity index (χ0n) is 10.4. The second-order valence-corrected chi connectivity index (χ2v) is 4.27. The Bertz CT molecular complexity index is 409. The maximum Gasteiger partial charge on any atom is 0.417 e. The Kier molecular flexibility index (Phi) is 5.32. The fourth-order valence-corrected chi connectivity index (χ4v) is 1.46. The number of hydrogen-bond donors (Lipinski definition) is 1. The van der Waals surface area contributed by atoms with E-state index in [1.165, 1.54) is 0 Å². The summed E-state index contributed by atoms with van der Waals surface area (Å²) in [4.78, 5) is 0. The summed E-state index contributed by atoms with van der Waals surface area (Å²) in [6, 6.07) is 0. The molecule has 1 rings (SSSR count). The molecular formula is C13H15F4NO. The summed E-state index contributed by atoms with van der Waals surface area (Å²) in [5.41, 5.74) is -1.31. The van der Waals surface area contributed by atoms with Crippen molar-refractivity contribution in [3.8, 4) is 0 Å². The standard InChI is InChI=1S/C13H15F4NO/c1-9-2-4-12(5-3-9)19-8-11(14)6-10(7-18)13(15,16)17/h2,4-7,9,11,18H,3,8H2,1H3/b10-6+,18-7?. The molecule has 0 saturated heterocycles. The lowest BCUT2D eigenvalue weighted by Gasteiger charge is -2.14. The van der Waals surface area contributed by atoms with Gasteiger partial charge in [0.1, 0.15) is 12.4 Å². The SMILES string of the molecule is CC1C=CC(OCC(F)/C=C(\C=N)C(F)(F)F)=CC1. The van der Waals surface area contributed by atoms with Crippen molar-refractivity contribution in [1.29, 1.82) is 5.41 Å². The van der Waals surface area contributed by atoms with E-state index in [0.29, 0.717) is 17.8 Å². The molecule has 0 spiro atoms. The number of alkyl halides is 4. The van der Waals surface area contributed by atoms with E-state index in [0.717, 1.165) is 6.42 Å². The second kappa shape index (κ2) is 6.54. The van der Waals surface area contributed by atoms with Gasteiger partial charge in [-0.15, -0.1) is 0 Å². The number of hydrogen-bond acceptors (Lipinski definition) is 2. The smallest absolute Gasteiger partial charge is 0.417 e. The van der Waals surface area contributed by atoms with Gasteiger partial charge in [-0.1, -0.05) is 13.0 Å². The van der Waals surface area contributed by atoms with Gasteiger partial charge in [-0.25, -0.2) is 4.39 Å². The van der Waals surface area contributed by atoms with E-state index in [1.807, 2.05) is 13.0 Å². The highest BCUT2D eigenvalue weighted by Gasteiger charge is 2.32. The molecule has 0 aromatic rings. The molecule has 2 atom stereocenters. The van der Waals surface area contributed by atoms with Gasteiger partial charge in [-0.05, 0) is 30.6 Å². The third-order valence-electron chi connectivity index (χ3n) is 2.53. The van der Waals surface area contributed by atoms with E-state index >= 15 is 0 Å². The van der Waals surface area contributed by atoms with Crippen LogP contribution in [0.3, 0.4) is 0 Å². The van der Waals surface area contributed by atoms with Crippen LogP contribution in [0.25, 0.3) is 0 Å². The van der Waals surface area contributed by atoms with Gasteiger partial charge in [0, 0.05) is 6.21 Å². The van der Waals surface area contributed by atoms with E-state index in [1.54, 1.807) is 12.2 Å². The predicted molar refractivity (Wildman–Crippen MR) is 64.8 cm³/mol. The highest BCUT2D eigenvalue weighted by molar-refractivity contribution is 5.77. The average molecular weight is 277 g/mol. The lowest BCUT2D eigenvalue weighted by atomic mass is 10.0. The van der Waals surface area contributed by atoms with E-state index in [2.05, 4.69) is 0 Å². The van der Waals surface area contributed by atoms with Crippen LogP contribution in [0.5, 0.6) is 0 Å². The molecule has 1 aliphatic rings. The first kappa shape index (κ1) is 15.5. The minimum Gasteiger partial charge on any atom is -0.491 e. The molecule has 0 aliphatic heterocycles. The van der Waals surface area contributed by atoms with Gasteiger partial charge < -0.3 is 10.1 Å².